The molecule has 3 aliphatic rings. The van der Waals surface area contributed by atoms with E-state index >= 15 is 0 Å². The third-order valence-corrected chi connectivity index (χ3v) is 9.32. The molecule has 2 saturated heterocycles. The quantitative estimate of drug-likeness (QED) is 0.367. The fourth-order valence-electron chi connectivity index (χ4n) is 5.39. The summed E-state index contributed by atoms with van der Waals surface area (Å²) in [5.74, 6) is 1.31. The minimum Gasteiger partial charge on any atom is -0.495 e. The van der Waals surface area contributed by atoms with Gasteiger partial charge in [0.1, 0.15) is 18.7 Å². The first-order valence-corrected chi connectivity index (χ1v) is 16.5. The Hall–Kier alpha value is -3.20. The number of amides is 1. The molecule has 0 bridgehead atoms. The maximum absolute atomic E-state index is 12.8. The number of nitrogens with one attached hydrogen (secondary N) is 4. The maximum Gasteiger partial charge on any atom is 0.234 e. The summed E-state index contributed by atoms with van der Waals surface area (Å²) < 4.78 is 18.5. The van der Waals surface area contributed by atoms with Gasteiger partial charge in [-0.05, 0) is 50.4 Å². The Morgan fingerprint density at radius 2 is 1.88 bits per heavy atom. The summed E-state index contributed by atoms with van der Waals surface area (Å²) >= 11 is 6.46. The minimum atomic E-state index is -2.50. The molecule has 5 rings (SSSR count). The highest BCUT2D eigenvalue weighted by molar-refractivity contribution is 7.70. The highest BCUT2D eigenvalue weighted by atomic mass is 35.5. The fourth-order valence-corrected chi connectivity index (χ4v) is 6.71. The van der Waals surface area contributed by atoms with Gasteiger partial charge in [0.15, 0.2) is 6.29 Å². The number of hydrogen-bond donors (Lipinski definition) is 4. The molecule has 0 aliphatic carbocycles. The molecule has 1 unspecified atom stereocenters. The number of halogens is 1. The first-order chi connectivity index (χ1) is 19.2. The van der Waals surface area contributed by atoms with E-state index in [-0.39, 0.29) is 5.91 Å². The number of carbonyl (C=O) groups is 1. The zero-order valence-electron chi connectivity index (χ0n) is 23.1. The number of benzene rings is 2. The van der Waals surface area contributed by atoms with Crippen molar-refractivity contribution in [3.05, 3.63) is 53.7 Å². The number of ether oxygens (including phenoxy) is 1. The van der Waals surface area contributed by atoms with Gasteiger partial charge in [-0.1, -0.05) is 23.7 Å². The third kappa shape index (κ3) is 6.57. The van der Waals surface area contributed by atoms with Gasteiger partial charge in [0.2, 0.25) is 5.91 Å². The Bertz CT molecular complexity index is 1350. The second-order valence-electron chi connectivity index (χ2n) is 10.6. The number of carbonyl (C=O) groups excluding carboxylic acids is 1. The van der Waals surface area contributed by atoms with Crippen molar-refractivity contribution in [3.63, 3.8) is 0 Å². The Kier molecular flexibility index (Phi) is 8.59. The number of methoxy groups -OCH3 is 1. The lowest BCUT2D eigenvalue weighted by molar-refractivity contribution is -0.125. The summed E-state index contributed by atoms with van der Waals surface area (Å²) in [5, 5.41) is 13.9. The molecular formula is C28H37ClN7O3P. The van der Waals surface area contributed by atoms with Crippen molar-refractivity contribution in [1.82, 2.24) is 15.5 Å². The van der Waals surface area contributed by atoms with Crippen LogP contribution in [-0.2, 0) is 9.36 Å². The molecule has 1 amide bonds. The van der Waals surface area contributed by atoms with Gasteiger partial charge in [0.05, 0.1) is 30.1 Å². The van der Waals surface area contributed by atoms with Gasteiger partial charge < -0.3 is 35.5 Å². The molecule has 3 aliphatic heterocycles. The van der Waals surface area contributed by atoms with Crippen molar-refractivity contribution in [2.75, 3.05) is 68.7 Å². The van der Waals surface area contributed by atoms with Gasteiger partial charge in [-0.3, -0.25) is 9.69 Å². The topological polar surface area (TPSA) is 110 Å². The summed E-state index contributed by atoms with van der Waals surface area (Å²) in [6.45, 7) is 7.49. The monoisotopic (exact) mass is 585 g/mol. The molecule has 10 nitrogen and oxygen atoms in total. The minimum absolute atomic E-state index is 0.122. The SMILES string of the molecule is COc1cc(N2CCC(N3CCNC(=O)C3)CC2)ccc1NC1N=C(Nc2ccccc2P(C)(C)=O)C(Cl)=CN1. The van der Waals surface area contributed by atoms with Crippen LogP contribution in [0.5, 0.6) is 5.75 Å². The molecule has 40 heavy (non-hydrogen) atoms. The largest absolute Gasteiger partial charge is 0.495 e. The molecule has 12 heteroatoms. The molecule has 1 atom stereocenters. The molecule has 2 fully saturated rings. The lowest BCUT2D eigenvalue weighted by Crippen LogP contribution is -2.54. The number of amidine groups is 1. The number of anilines is 3. The van der Waals surface area contributed by atoms with E-state index in [0.29, 0.717) is 29.2 Å². The average Bonchev–Trinajstić information content (AvgIpc) is 2.95. The van der Waals surface area contributed by atoms with Gasteiger partial charge in [-0.25, -0.2) is 4.99 Å². The van der Waals surface area contributed by atoms with Crippen LogP contribution in [0.1, 0.15) is 12.8 Å². The van der Waals surface area contributed by atoms with Crippen molar-refractivity contribution in [2.45, 2.75) is 25.2 Å². The highest BCUT2D eigenvalue weighted by Crippen LogP contribution is 2.38. The maximum atomic E-state index is 12.8. The van der Waals surface area contributed by atoms with Crippen LogP contribution in [0.25, 0.3) is 0 Å². The average molecular weight is 586 g/mol. The second-order valence-corrected chi connectivity index (χ2v) is 14.2. The van der Waals surface area contributed by atoms with Crippen LogP contribution >= 0.6 is 18.7 Å². The lowest BCUT2D eigenvalue weighted by atomic mass is 10.0. The summed E-state index contributed by atoms with van der Waals surface area (Å²) in [7, 11) is -0.847. The molecule has 2 aromatic carbocycles. The van der Waals surface area contributed by atoms with Gasteiger partial charge in [-0.15, -0.1) is 0 Å². The molecule has 0 aromatic heterocycles. The van der Waals surface area contributed by atoms with Crippen LogP contribution < -0.4 is 36.2 Å². The number of piperidine rings is 1. The Labute approximate surface area is 240 Å². The molecule has 0 spiro atoms. The normalized spacial score (nSPS) is 20.6. The van der Waals surface area contributed by atoms with Gasteiger partial charge in [-0.2, -0.15) is 0 Å². The van der Waals surface area contributed by atoms with Crippen LogP contribution in [-0.4, -0.2) is 82.1 Å². The Morgan fingerprint density at radius 3 is 2.60 bits per heavy atom. The number of aliphatic imine (C=N–C) groups is 1. The Morgan fingerprint density at radius 1 is 1.10 bits per heavy atom. The van der Waals surface area contributed by atoms with Crippen LogP contribution in [0.4, 0.5) is 17.1 Å². The molecule has 3 heterocycles. The predicted octanol–water partition coefficient (Wildman–Crippen LogP) is 3.23. The molecule has 4 N–H and O–H groups in total. The van der Waals surface area contributed by atoms with E-state index in [1.165, 1.54) is 0 Å². The second kappa shape index (κ2) is 12.1. The van der Waals surface area contributed by atoms with E-state index < -0.39 is 13.4 Å². The predicted molar refractivity (Wildman–Crippen MR) is 164 cm³/mol. The standard InChI is InChI=1S/C28H37ClN7O3P/c1-39-24-16-20(35-13-10-19(11-14-35)36-15-12-30-26(37)18-36)8-9-22(24)33-28-31-17-21(29)27(34-28)32-23-6-4-5-7-25(23)40(2,3)38/h4-9,16-17,19,28,31,33H,10-15,18H2,1-3H3,(H,30,37)(H,32,34). The third-order valence-electron chi connectivity index (χ3n) is 7.48. The number of nitrogens with zero attached hydrogens (tertiary/aromatic N) is 3. The molecule has 214 valence electrons. The first-order valence-electron chi connectivity index (χ1n) is 13.5. The molecule has 0 saturated carbocycles. The molecule has 0 radical (unpaired) electrons. The van der Waals surface area contributed by atoms with Gasteiger partial charge in [0.25, 0.3) is 0 Å². The number of hydrogen-bond acceptors (Lipinski definition) is 9. The van der Waals surface area contributed by atoms with Crippen molar-refractivity contribution in [2.24, 2.45) is 4.99 Å². The van der Waals surface area contributed by atoms with E-state index in [4.69, 9.17) is 21.3 Å². The number of piperazine rings is 1. The summed E-state index contributed by atoms with van der Waals surface area (Å²) in [5.41, 5.74) is 2.61. The summed E-state index contributed by atoms with van der Waals surface area (Å²) in [4.78, 5) is 21.2. The number of para-hydroxylation sites is 1. The smallest absolute Gasteiger partial charge is 0.234 e. The van der Waals surface area contributed by atoms with Crippen molar-refractivity contribution in [1.29, 1.82) is 0 Å². The highest BCUT2D eigenvalue weighted by Gasteiger charge is 2.28. The zero-order chi connectivity index (χ0) is 28.3. The molecule has 2 aromatic rings. The van der Waals surface area contributed by atoms with E-state index in [1.807, 2.05) is 36.4 Å². The van der Waals surface area contributed by atoms with Crippen molar-refractivity contribution < 1.29 is 14.1 Å². The Balaban J connectivity index is 1.25. The van der Waals surface area contributed by atoms with Crippen LogP contribution in [0, 0.1) is 0 Å². The van der Waals surface area contributed by atoms with Crippen LogP contribution in [0.2, 0.25) is 0 Å². The van der Waals surface area contributed by atoms with E-state index in [2.05, 4.69) is 37.1 Å². The van der Waals surface area contributed by atoms with E-state index in [0.717, 1.165) is 61.4 Å². The zero-order valence-corrected chi connectivity index (χ0v) is 24.8. The number of rotatable bonds is 7. The van der Waals surface area contributed by atoms with E-state index in [1.54, 1.807) is 26.6 Å². The van der Waals surface area contributed by atoms with Crippen LogP contribution in [0.3, 0.4) is 0 Å². The summed E-state index contributed by atoms with van der Waals surface area (Å²) in [6, 6.07) is 14.1. The van der Waals surface area contributed by atoms with Gasteiger partial charge in [0, 0.05) is 55.5 Å². The van der Waals surface area contributed by atoms with Crippen molar-refractivity contribution >= 4 is 52.9 Å². The lowest BCUT2D eigenvalue weighted by Gasteiger charge is -2.40. The first kappa shape index (κ1) is 28.3. The van der Waals surface area contributed by atoms with Crippen LogP contribution in [0.15, 0.2) is 58.7 Å². The van der Waals surface area contributed by atoms with E-state index in [9.17, 15) is 9.36 Å². The fraction of sp³-hybridized carbons (Fsp3) is 0.429. The van der Waals surface area contributed by atoms with Crippen molar-refractivity contribution in [3.8, 4) is 5.75 Å². The molecular weight excluding hydrogens is 549 g/mol. The summed E-state index contributed by atoms with van der Waals surface area (Å²) in [6.07, 6.45) is 3.23. The van der Waals surface area contributed by atoms with Gasteiger partial charge >= 0.3 is 0 Å².